The summed E-state index contributed by atoms with van der Waals surface area (Å²) in [5.41, 5.74) is 0.253. The number of benzene rings is 2. The maximum atomic E-state index is 14.0. The van der Waals surface area contributed by atoms with Crippen LogP contribution < -0.4 is 4.74 Å². The van der Waals surface area contributed by atoms with Gasteiger partial charge in [0.25, 0.3) is 0 Å². The molecule has 0 aliphatic rings. The normalized spacial score (nSPS) is 12.3. The van der Waals surface area contributed by atoms with E-state index in [1.54, 1.807) is 6.07 Å². The lowest BCUT2D eigenvalue weighted by Crippen LogP contribution is -2.05. The Morgan fingerprint density at radius 2 is 1.89 bits per heavy atom. The Labute approximate surface area is 114 Å². The standard InChI is InChI=1S/C14H11ClF2O2/c1-19-12-4-2-3-10(13(12)17)14(18)9-6-5-8(16)7-11(9)15/h2-7,14,18H,1H3. The number of hydrogen-bond acceptors (Lipinski definition) is 2. The van der Waals surface area contributed by atoms with Gasteiger partial charge in [-0.15, -0.1) is 0 Å². The van der Waals surface area contributed by atoms with E-state index in [0.717, 1.165) is 12.1 Å². The van der Waals surface area contributed by atoms with Crippen molar-refractivity contribution in [2.75, 3.05) is 7.11 Å². The third-order valence-corrected chi connectivity index (χ3v) is 3.09. The molecule has 2 aromatic rings. The van der Waals surface area contributed by atoms with Crippen molar-refractivity contribution in [1.29, 1.82) is 0 Å². The molecule has 0 amide bonds. The molecule has 0 fully saturated rings. The molecule has 0 heterocycles. The molecule has 1 atom stereocenters. The first-order valence-corrected chi connectivity index (χ1v) is 5.87. The number of methoxy groups -OCH3 is 1. The Kier molecular flexibility index (Phi) is 4.02. The molecular weight excluding hydrogens is 274 g/mol. The second-order valence-corrected chi connectivity index (χ2v) is 4.34. The first kappa shape index (κ1) is 13.8. The fourth-order valence-corrected chi connectivity index (χ4v) is 2.06. The summed E-state index contributed by atoms with van der Waals surface area (Å²) in [5.74, 6) is -1.17. The second kappa shape index (κ2) is 5.55. The maximum absolute atomic E-state index is 14.0. The molecule has 100 valence electrons. The van der Waals surface area contributed by atoms with E-state index in [1.165, 1.54) is 25.3 Å². The molecule has 5 heteroatoms. The summed E-state index contributed by atoms with van der Waals surface area (Å²) in [6.45, 7) is 0. The molecule has 0 saturated heterocycles. The Hall–Kier alpha value is -1.65. The molecule has 19 heavy (non-hydrogen) atoms. The van der Waals surface area contributed by atoms with Gasteiger partial charge in [0.2, 0.25) is 0 Å². The van der Waals surface area contributed by atoms with Crippen LogP contribution in [0, 0.1) is 11.6 Å². The van der Waals surface area contributed by atoms with E-state index in [0.29, 0.717) is 0 Å². The van der Waals surface area contributed by atoms with Gasteiger partial charge in [0.1, 0.15) is 11.9 Å². The highest BCUT2D eigenvalue weighted by molar-refractivity contribution is 6.31. The monoisotopic (exact) mass is 284 g/mol. The number of aliphatic hydroxyl groups is 1. The molecule has 0 saturated carbocycles. The van der Waals surface area contributed by atoms with E-state index in [4.69, 9.17) is 16.3 Å². The van der Waals surface area contributed by atoms with Crippen LogP contribution in [0.5, 0.6) is 5.75 Å². The summed E-state index contributed by atoms with van der Waals surface area (Å²) >= 11 is 5.85. The number of hydrogen-bond donors (Lipinski definition) is 1. The summed E-state index contributed by atoms with van der Waals surface area (Å²) < 4.78 is 31.8. The number of aliphatic hydroxyl groups excluding tert-OH is 1. The third-order valence-electron chi connectivity index (χ3n) is 2.76. The summed E-state index contributed by atoms with van der Waals surface area (Å²) in [5, 5.41) is 10.2. The van der Waals surface area contributed by atoms with Crippen LogP contribution in [0.4, 0.5) is 8.78 Å². The van der Waals surface area contributed by atoms with Crippen LogP contribution in [0.15, 0.2) is 36.4 Å². The number of rotatable bonds is 3. The average molecular weight is 285 g/mol. The minimum absolute atomic E-state index is 0.0212. The maximum Gasteiger partial charge on any atom is 0.171 e. The van der Waals surface area contributed by atoms with Crippen LogP contribution >= 0.6 is 11.6 Å². The van der Waals surface area contributed by atoms with E-state index >= 15 is 0 Å². The highest BCUT2D eigenvalue weighted by Crippen LogP contribution is 2.32. The van der Waals surface area contributed by atoms with Crippen molar-refractivity contribution in [3.63, 3.8) is 0 Å². The molecule has 0 radical (unpaired) electrons. The molecule has 0 spiro atoms. The van der Waals surface area contributed by atoms with Crippen LogP contribution in [-0.2, 0) is 0 Å². The Bertz CT molecular complexity index is 602. The Balaban J connectivity index is 2.47. The zero-order valence-corrected chi connectivity index (χ0v) is 10.8. The van der Waals surface area contributed by atoms with Gasteiger partial charge in [-0.3, -0.25) is 0 Å². The van der Waals surface area contributed by atoms with Crippen LogP contribution in [0.1, 0.15) is 17.2 Å². The minimum Gasteiger partial charge on any atom is -0.494 e. The topological polar surface area (TPSA) is 29.5 Å². The fraction of sp³-hybridized carbons (Fsp3) is 0.143. The highest BCUT2D eigenvalue weighted by Gasteiger charge is 2.20. The van der Waals surface area contributed by atoms with Crippen LogP contribution in [0.3, 0.4) is 0 Å². The molecular formula is C14H11ClF2O2. The van der Waals surface area contributed by atoms with Gasteiger partial charge in [-0.2, -0.15) is 0 Å². The Morgan fingerprint density at radius 1 is 1.16 bits per heavy atom. The fourth-order valence-electron chi connectivity index (χ4n) is 1.79. The van der Waals surface area contributed by atoms with Crippen molar-refractivity contribution in [2.24, 2.45) is 0 Å². The molecule has 2 nitrogen and oxygen atoms in total. The lowest BCUT2D eigenvalue weighted by molar-refractivity contribution is 0.213. The summed E-state index contributed by atoms with van der Waals surface area (Å²) in [7, 11) is 1.33. The van der Waals surface area contributed by atoms with Crippen molar-refractivity contribution >= 4 is 11.6 Å². The SMILES string of the molecule is COc1cccc(C(O)c2ccc(F)cc2Cl)c1F. The van der Waals surface area contributed by atoms with Crippen molar-refractivity contribution in [3.05, 3.63) is 64.2 Å². The molecule has 0 bridgehead atoms. The molecule has 2 aromatic carbocycles. The smallest absolute Gasteiger partial charge is 0.171 e. The summed E-state index contributed by atoms with van der Waals surface area (Å²) in [4.78, 5) is 0. The lowest BCUT2D eigenvalue weighted by Gasteiger charge is -2.15. The number of halogens is 3. The highest BCUT2D eigenvalue weighted by atomic mass is 35.5. The van der Waals surface area contributed by atoms with Gasteiger partial charge < -0.3 is 9.84 Å². The van der Waals surface area contributed by atoms with Gasteiger partial charge in [-0.05, 0) is 18.2 Å². The first-order valence-electron chi connectivity index (χ1n) is 5.50. The Morgan fingerprint density at radius 3 is 2.53 bits per heavy atom. The first-order chi connectivity index (χ1) is 9.04. The van der Waals surface area contributed by atoms with Crippen molar-refractivity contribution in [1.82, 2.24) is 0 Å². The van der Waals surface area contributed by atoms with Crippen LogP contribution in [-0.4, -0.2) is 12.2 Å². The van der Waals surface area contributed by atoms with E-state index in [2.05, 4.69) is 0 Å². The van der Waals surface area contributed by atoms with Crippen molar-refractivity contribution in [2.45, 2.75) is 6.10 Å². The summed E-state index contributed by atoms with van der Waals surface area (Å²) in [6, 6.07) is 7.96. The molecule has 2 rings (SSSR count). The van der Waals surface area contributed by atoms with E-state index in [1.807, 2.05) is 0 Å². The third kappa shape index (κ3) is 2.69. The van der Waals surface area contributed by atoms with Gasteiger partial charge in [0.15, 0.2) is 11.6 Å². The molecule has 1 unspecified atom stereocenters. The molecule has 0 aliphatic carbocycles. The molecule has 0 aliphatic heterocycles. The average Bonchev–Trinajstić information content (AvgIpc) is 2.38. The molecule has 0 aromatic heterocycles. The van der Waals surface area contributed by atoms with Gasteiger partial charge in [0, 0.05) is 16.1 Å². The van der Waals surface area contributed by atoms with Gasteiger partial charge in [-0.1, -0.05) is 29.8 Å². The van der Waals surface area contributed by atoms with Crippen LogP contribution in [0.25, 0.3) is 0 Å². The predicted octanol–water partition coefficient (Wildman–Crippen LogP) is 3.71. The van der Waals surface area contributed by atoms with Crippen LogP contribution in [0.2, 0.25) is 5.02 Å². The largest absolute Gasteiger partial charge is 0.494 e. The quantitative estimate of drug-likeness (QED) is 0.931. The lowest BCUT2D eigenvalue weighted by atomic mass is 10.0. The van der Waals surface area contributed by atoms with E-state index < -0.39 is 17.7 Å². The zero-order chi connectivity index (χ0) is 14.0. The van der Waals surface area contributed by atoms with Gasteiger partial charge in [-0.25, -0.2) is 8.78 Å². The predicted molar refractivity (Wildman–Crippen MR) is 68.4 cm³/mol. The minimum atomic E-state index is -1.29. The van der Waals surface area contributed by atoms with E-state index in [9.17, 15) is 13.9 Å². The van der Waals surface area contributed by atoms with E-state index in [-0.39, 0.29) is 21.9 Å². The zero-order valence-electron chi connectivity index (χ0n) is 10.0. The summed E-state index contributed by atoms with van der Waals surface area (Å²) in [6.07, 6.45) is -1.29. The second-order valence-electron chi connectivity index (χ2n) is 3.93. The number of ether oxygens (including phenoxy) is 1. The van der Waals surface area contributed by atoms with Gasteiger partial charge in [0.05, 0.1) is 7.11 Å². The van der Waals surface area contributed by atoms with Crippen molar-refractivity contribution < 1.29 is 18.6 Å². The van der Waals surface area contributed by atoms with Gasteiger partial charge >= 0.3 is 0 Å². The molecule has 1 N–H and O–H groups in total. The van der Waals surface area contributed by atoms with Crippen molar-refractivity contribution in [3.8, 4) is 5.75 Å².